The minimum absolute atomic E-state index is 0.0331. The Morgan fingerprint density at radius 2 is 1.90 bits per heavy atom. The Kier molecular flexibility index (Phi) is 5.83. The zero-order valence-electron chi connectivity index (χ0n) is 16.9. The standard InChI is InChI=1S/C23H27FN2O3/c1-28-11-10-25-13-18-14-26(23(27)17-4-3-5-19(24)12-17)22(21(18)15-25)16-6-8-20(29-2)9-7-16/h3-9,12,18,21-22H,10-11,13-15H2,1-2H3/t18-,21-,22-/m0/s1. The van der Waals surface area contributed by atoms with Crippen LogP contribution in [0.25, 0.3) is 0 Å². The van der Waals surface area contributed by atoms with Crippen LogP contribution in [0.5, 0.6) is 5.75 Å². The SMILES string of the molecule is COCCN1C[C@H]2CN(C(=O)c3cccc(F)c3)[C@@H](c3ccc(OC)cc3)[C@H]2C1. The van der Waals surface area contributed by atoms with E-state index in [-0.39, 0.29) is 17.8 Å². The van der Waals surface area contributed by atoms with Gasteiger partial charge >= 0.3 is 0 Å². The number of likely N-dealkylation sites (tertiary alicyclic amines) is 2. The minimum Gasteiger partial charge on any atom is -0.497 e. The van der Waals surface area contributed by atoms with Crippen LogP contribution in [0.3, 0.4) is 0 Å². The maximum Gasteiger partial charge on any atom is 0.254 e. The lowest BCUT2D eigenvalue weighted by Gasteiger charge is -2.30. The summed E-state index contributed by atoms with van der Waals surface area (Å²) in [5.41, 5.74) is 1.50. The molecule has 4 rings (SSSR count). The van der Waals surface area contributed by atoms with E-state index in [1.165, 1.54) is 12.1 Å². The monoisotopic (exact) mass is 398 g/mol. The van der Waals surface area contributed by atoms with Crippen LogP contribution in [-0.2, 0) is 4.74 Å². The van der Waals surface area contributed by atoms with Gasteiger partial charge in [-0.3, -0.25) is 4.79 Å². The van der Waals surface area contributed by atoms with Gasteiger partial charge in [-0.1, -0.05) is 18.2 Å². The lowest BCUT2D eigenvalue weighted by Crippen LogP contribution is -2.36. The predicted molar refractivity (Wildman–Crippen MR) is 108 cm³/mol. The van der Waals surface area contributed by atoms with Gasteiger partial charge in [-0.25, -0.2) is 4.39 Å². The van der Waals surface area contributed by atoms with E-state index in [2.05, 4.69) is 4.90 Å². The average Bonchev–Trinajstić information content (AvgIpc) is 3.29. The van der Waals surface area contributed by atoms with Crippen molar-refractivity contribution in [2.45, 2.75) is 6.04 Å². The Morgan fingerprint density at radius 3 is 2.59 bits per heavy atom. The second-order valence-electron chi connectivity index (χ2n) is 7.86. The van der Waals surface area contributed by atoms with Crippen molar-refractivity contribution in [1.29, 1.82) is 0 Å². The van der Waals surface area contributed by atoms with Gasteiger partial charge in [0.15, 0.2) is 0 Å². The second kappa shape index (κ2) is 8.51. The van der Waals surface area contributed by atoms with E-state index in [4.69, 9.17) is 9.47 Å². The van der Waals surface area contributed by atoms with Crippen molar-refractivity contribution >= 4 is 5.91 Å². The molecular formula is C23H27FN2O3. The molecule has 2 aromatic carbocycles. The van der Waals surface area contributed by atoms with Crippen LogP contribution >= 0.6 is 0 Å². The molecule has 154 valence electrons. The van der Waals surface area contributed by atoms with Crippen LogP contribution < -0.4 is 4.74 Å². The maximum absolute atomic E-state index is 13.7. The molecule has 6 heteroatoms. The molecule has 2 aliphatic rings. The number of nitrogens with zero attached hydrogens (tertiary/aromatic N) is 2. The van der Waals surface area contributed by atoms with Crippen molar-refractivity contribution in [2.24, 2.45) is 11.8 Å². The van der Waals surface area contributed by atoms with Gasteiger partial charge in [0.1, 0.15) is 11.6 Å². The molecule has 0 aromatic heterocycles. The molecule has 29 heavy (non-hydrogen) atoms. The molecular weight excluding hydrogens is 371 g/mol. The number of carbonyl (C=O) groups is 1. The summed E-state index contributed by atoms with van der Waals surface area (Å²) < 4.78 is 24.2. The van der Waals surface area contributed by atoms with E-state index in [0.29, 0.717) is 30.6 Å². The molecule has 2 fully saturated rings. The molecule has 0 radical (unpaired) electrons. The quantitative estimate of drug-likeness (QED) is 0.749. The predicted octanol–water partition coefficient (Wildman–Crippen LogP) is 3.23. The van der Waals surface area contributed by atoms with Crippen LogP contribution in [0.4, 0.5) is 4.39 Å². The Morgan fingerprint density at radius 1 is 1.10 bits per heavy atom. The van der Waals surface area contributed by atoms with Gasteiger partial charge in [-0.2, -0.15) is 0 Å². The number of halogens is 1. The lowest BCUT2D eigenvalue weighted by molar-refractivity contribution is 0.0694. The fourth-order valence-corrected chi connectivity index (χ4v) is 4.76. The molecule has 0 aliphatic carbocycles. The molecule has 0 N–H and O–H groups in total. The normalized spacial score (nSPS) is 24.0. The topological polar surface area (TPSA) is 42.0 Å². The van der Waals surface area contributed by atoms with Gasteiger partial charge in [-0.15, -0.1) is 0 Å². The minimum atomic E-state index is -0.387. The Hall–Kier alpha value is -2.44. The smallest absolute Gasteiger partial charge is 0.254 e. The first kappa shape index (κ1) is 19.9. The summed E-state index contributed by atoms with van der Waals surface area (Å²) in [6, 6.07) is 13.9. The van der Waals surface area contributed by atoms with Crippen LogP contribution in [0.1, 0.15) is 22.0 Å². The van der Waals surface area contributed by atoms with E-state index in [1.807, 2.05) is 29.2 Å². The van der Waals surface area contributed by atoms with Crippen molar-refractivity contribution in [2.75, 3.05) is 47.0 Å². The number of benzene rings is 2. The second-order valence-corrected chi connectivity index (χ2v) is 7.86. The molecule has 0 unspecified atom stereocenters. The summed E-state index contributed by atoms with van der Waals surface area (Å²) in [5, 5.41) is 0. The number of carbonyl (C=O) groups excluding carboxylic acids is 1. The lowest BCUT2D eigenvalue weighted by atomic mass is 9.89. The van der Waals surface area contributed by atoms with Crippen molar-refractivity contribution in [1.82, 2.24) is 9.80 Å². The van der Waals surface area contributed by atoms with Crippen LogP contribution in [-0.4, -0.2) is 62.7 Å². The van der Waals surface area contributed by atoms with Gasteiger partial charge in [0.2, 0.25) is 0 Å². The van der Waals surface area contributed by atoms with Gasteiger partial charge in [-0.05, 0) is 41.8 Å². The molecule has 2 aromatic rings. The maximum atomic E-state index is 13.7. The molecule has 0 bridgehead atoms. The first-order chi connectivity index (χ1) is 14.1. The fourth-order valence-electron chi connectivity index (χ4n) is 4.76. The molecule has 3 atom stereocenters. The molecule has 2 heterocycles. The van der Waals surface area contributed by atoms with Crippen LogP contribution in [0, 0.1) is 17.7 Å². The van der Waals surface area contributed by atoms with Crippen molar-refractivity contribution in [3.05, 3.63) is 65.5 Å². The number of ether oxygens (including phenoxy) is 2. The van der Waals surface area contributed by atoms with Gasteiger partial charge in [0.25, 0.3) is 5.91 Å². The molecule has 5 nitrogen and oxygen atoms in total. The number of hydrogen-bond donors (Lipinski definition) is 0. The Bertz CT molecular complexity index is 857. The van der Waals surface area contributed by atoms with Gasteiger partial charge in [0, 0.05) is 44.8 Å². The van der Waals surface area contributed by atoms with Crippen LogP contribution in [0.2, 0.25) is 0 Å². The number of methoxy groups -OCH3 is 2. The van der Waals surface area contributed by atoms with E-state index in [1.54, 1.807) is 26.4 Å². The summed E-state index contributed by atoms with van der Waals surface area (Å²) in [5.74, 6) is 1.04. The third-order valence-corrected chi connectivity index (χ3v) is 6.14. The Balaban J connectivity index is 1.63. The highest BCUT2D eigenvalue weighted by atomic mass is 19.1. The summed E-state index contributed by atoms with van der Waals surface area (Å²) >= 11 is 0. The number of hydrogen-bond acceptors (Lipinski definition) is 4. The third kappa shape index (κ3) is 4.00. The Labute approximate surface area is 171 Å². The first-order valence-electron chi connectivity index (χ1n) is 10.0. The highest BCUT2D eigenvalue weighted by Gasteiger charge is 2.49. The van der Waals surface area contributed by atoms with Crippen molar-refractivity contribution < 1.29 is 18.7 Å². The summed E-state index contributed by atoms with van der Waals surface area (Å²) in [6.45, 7) is 4.17. The first-order valence-corrected chi connectivity index (χ1v) is 10.0. The van der Waals surface area contributed by atoms with Crippen LogP contribution in [0.15, 0.2) is 48.5 Å². The van der Waals surface area contributed by atoms with E-state index >= 15 is 0 Å². The van der Waals surface area contributed by atoms with Crippen molar-refractivity contribution in [3.8, 4) is 5.75 Å². The van der Waals surface area contributed by atoms with E-state index in [9.17, 15) is 9.18 Å². The number of rotatable bonds is 6. The van der Waals surface area contributed by atoms with Crippen molar-refractivity contribution in [3.63, 3.8) is 0 Å². The number of amides is 1. The molecule has 0 spiro atoms. The van der Waals surface area contributed by atoms with Gasteiger partial charge in [0.05, 0.1) is 19.8 Å². The summed E-state index contributed by atoms with van der Waals surface area (Å²) in [6.07, 6.45) is 0. The average molecular weight is 398 g/mol. The molecule has 1 amide bonds. The van der Waals surface area contributed by atoms with E-state index < -0.39 is 0 Å². The van der Waals surface area contributed by atoms with E-state index in [0.717, 1.165) is 30.9 Å². The highest BCUT2D eigenvalue weighted by Crippen LogP contribution is 2.45. The number of fused-ring (bicyclic) bond motifs is 1. The molecule has 2 saturated heterocycles. The van der Waals surface area contributed by atoms with Gasteiger partial charge < -0.3 is 19.3 Å². The highest BCUT2D eigenvalue weighted by molar-refractivity contribution is 5.94. The molecule has 0 saturated carbocycles. The zero-order valence-corrected chi connectivity index (χ0v) is 16.9. The third-order valence-electron chi connectivity index (χ3n) is 6.14. The summed E-state index contributed by atoms with van der Waals surface area (Å²) in [7, 11) is 3.36. The zero-order chi connectivity index (χ0) is 20.4. The largest absolute Gasteiger partial charge is 0.497 e. The summed E-state index contributed by atoms with van der Waals surface area (Å²) in [4.78, 5) is 17.6. The fraction of sp³-hybridized carbons (Fsp3) is 0.435. The molecule has 2 aliphatic heterocycles.